The predicted octanol–water partition coefficient (Wildman–Crippen LogP) is 4.13. The van der Waals surface area contributed by atoms with Crippen LogP contribution in [0, 0.1) is 17.8 Å². The molecule has 0 amide bonds. The molecule has 0 rings (SSSR count). The number of hydrogen-bond acceptors (Lipinski definition) is 2. The number of allylic oxidation sites excluding steroid dienone is 2. The molecule has 0 aromatic rings. The van der Waals surface area contributed by atoms with Crippen molar-refractivity contribution < 1.29 is 14.6 Å². The highest BCUT2D eigenvalue weighted by atomic mass is 16.5. The van der Waals surface area contributed by atoms with Gasteiger partial charge >= 0.3 is 5.97 Å². The molecule has 0 saturated heterocycles. The lowest BCUT2D eigenvalue weighted by atomic mass is 9.90. The van der Waals surface area contributed by atoms with Gasteiger partial charge in [0, 0.05) is 0 Å². The van der Waals surface area contributed by atoms with Crippen LogP contribution >= 0.6 is 0 Å². The number of carboxylic acid groups (broad SMARTS) is 1. The van der Waals surface area contributed by atoms with Crippen molar-refractivity contribution in [2.75, 3.05) is 6.61 Å². The van der Waals surface area contributed by atoms with E-state index in [0.717, 1.165) is 13.0 Å². The standard InChI is InChI=1S/C16H30O3/c1-7-14(9-8-12(2)10-15(17)18)13(3)11-19-16(4,5)6/h8-9,12-14H,7,10-11H2,1-6H3,(H,17,18)/t12-,13+,14?/m1/s1. The molecule has 1 N–H and O–H groups in total. The van der Waals surface area contributed by atoms with E-state index >= 15 is 0 Å². The monoisotopic (exact) mass is 270 g/mol. The van der Waals surface area contributed by atoms with Crippen LogP contribution in [0.4, 0.5) is 0 Å². The second-order valence-electron chi connectivity index (χ2n) is 6.43. The summed E-state index contributed by atoms with van der Waals surface area (Å²) in [6.45, 7) is 13.2. The summed E-state index contributed by atoms with van der Waals surface area (Å²) in [6, 6.07) is 0. The van der Waals surface area contributed by atoms with Crippen molar-refractivity contribution in [1.82, 2.24) is 0 Å². The molecule has 0 fully saturated rings. The van der Waals surface area contributed by atoms with Crippen molar-refractivity contribution >= 4 is 5.97 Å². The normalized spacial score (nSPS) is 17.4. The molecule has 3 nitrogen and oxygen atoms in total. The quantitative estimate of drug-likeness (QED) is 0.674. The Morgan fingerprint density at radius 1 is 1.26 bits per heavy atom. The minimum Gasteiger partial charge on any atom is -0.481 e. The third-order valence-electron chi connectivity index (χ3n) is 3.16. The van der Waals surface area contributed by atoms with Crippen LogP contribution in [0.5, 0.6) is 0 Å². The first-order chi connectivity index (χ1) is 8.65. The molecule has 0 bridgehead atoms. The number of hydrogen-bond donors (Lipinski definition) is 1. The van der Waals surface area contributed by atoms with Gasteiger partial charge in [-0.05, 0) is 44.9 Å². The number of carbonyl (C=O) groups is 1. The van der Waals surface area contributed by atoms with Gasteiger partial charge in [0.05, 0.1) is 18.6 Å². The van der Waals surface area contributed by atoms with Crippen LogP contribution in [-0.4, -0.2) is 23.3 Å². The Labute approximate surface area is 118 Å². The van der Waals surface area contributed by atoms with Crippen LogP contribution < -0.4 is 0 Å². The molecule has 0 aliphatic rings. The summed E-state index contributed by atoms with van der Waals surface area (Å²) in [5.74, 6) is 0.229. The molecule has 0 radical (unpaired) electrons. The van der Waals surface area contributed by atoms with Crippen LogP contribution in [0.3, 0.4) is 0 Å². The van der Waals surface area contributed by atoms with Crippen molar-refractivity contribution in [3.8, 4) is 0 Å². The topological polar surface area (TPSA) is 46.5 Å². The van der Waals surface area contributed by atoms with Crippen LogP contribution in [0.1, 0.15) is 54.4 Å². The Bertz CT molecular complexity index is 289. The van der Waals surface area contributed by atoms with Crippen LogP contribution in [-0.2, 0) is 9.53 Å². The lowest BCUT2D eigenvalue weighted by molar-refractivity contribution is -0.137. The Morgan fingerprint density at radius 2 is 1.84 bits per heavy atom. The van der Waals surface area contributed by atoms with Crippen molar-refractivity contribution in [3.63, 3.8) is 0 Å². The molecule has 3 atom stereocenters. The van der Waals surface area contributed by atoms with E-state index in [0.29, 0.717) is 11.8 Å². The summed E-state index contributed by atoms with van der Waals surface area (Å²) in [4.78, 5) is 10.6. The molecule has 0 aliphatic heterocycles. The second-order valence-corrected chi connectivity index (χ2v) is 6.43. The minimum absolute atomic E-state index is 0.0854. The van der Waals surface area contributed by atoms with E-state index in [4.69, 9.17) is 9.84 Å². The molecule has 3 heteroatoms. The minimum atomic E-state index is -0.741. The van der Waals surface area contributed by atoms with E-state index in [-0.39, 0.29) is 17.9 Å². The zero-order valence-corrected chi connectivity index (χ0v) is 13.3. The molecule has 0 aliphatic carbocycles. The van der Waals surface area contributed by atoms with E-state index in [1.54, 1.807) is 0 Å². The Hall–Kier alpha value is -0.830. The summed E-state index contributed by atoms with van der Waals surface area (Å²) in [5.41, 5.74) is -0.104. The molecule has 19 heavy (non-hydrogen) atoms. The van der Waals surface area contributed by atoms with Gasteiger partial charge in [0.1, 0.15) is 0 Å². The highest BCUT2D eigenvalue weighted by molar-refractivity contribution is 5.67. The lowest BCUT2D eigenvalue weighted by Gasteiger charge is -2.26. The maximum Gasteiger partial charge on any atom is 0.303 e. The summed E-state index contributed by atoms with van der Waals surface area (Å²) in [7, 11) is 0. The van der Waals surface area contributed by atoms with Crippen molar-refractivity contribution in [3.05, 3.63) is 12.2 Å². The van der Waals surface area contributed by atoms with Gasteiger partial charge in [0.25, 0.3) is 0 Å². The smallest absolute Gasteiger partial charge is 0.303 e. The number of ether oxygens (including phenoxy) is 1. The third kappa shape index (κ3) is 9.71. The maximum atomic E-state index is 10.6. The van der Waals surface area contributed by atoms with Crippen molar-refractivity contribution in [2.24, 2.45) is 17.8 Å². The van der Waals surface area contributed by atoms with Gasteiger partial charge in [-0.3, -0.25) is 4.79 Å². The fourth-order valence-corrected chi connectivity index (χ4v) is 1.91. The van der Waals surface area contributed by atoms with E-state index in [1.807, 2.05) is 13.0 Å². The summed E-state index contributed by atoms with van der Waals surface area (Å²) >= 11 is 0. The largest absolute Gasteiger partial charge is 0.481 e. The Kier molecular flexibility index (Phi) is 8.00. The van der Waals surface area contributed by atoms with Gasteiger partial charge in [0.2, 0.25) is 0 Å². The zero-order chi connectivity index (χ0) is 15.1. The van der Waals surface area contributed by atoms with Gasteiger partial charge in [0.15, 0.2) is 0 Å². The van der Waals surface area contributed by atoms with Gasteiger partial charge in [-0.1, -0.05) is 32.9 Å². The lowest BCUT2D eigenvalue weighted by Crippen LogP contribution is -2.25. The molecule has 0 heterocycles. The van der Waals surface area contributed by atoms with Gasteiger partial charge in [-0.2, -0.15) is 0 Å². The summed E-state index contributed by atoms with van der Waals surface area (Å²) < 4.78 is 5.82. The van der Waals surface area contributed by atoms with Crippen LogP contribution in [0.15, 0.2) is 12.2 Å². The molecule has 0 aromatic carbocycles. The van der Waals surface area contributed by atoms with Crippen molar-refractivity contribution in [1.29, 1.82) is 0 Å². The predicted molar refractivity (Wildman–Crippen MR) is 79.2 cm³/mol. The average Bonchev–Trinajstić information content (AvgIpc) is 2.25. The summed E-state index contributed by atoms with van der Waals surface area (Å²) in [5, 5.41) is 8.74. The highest BCUT2D eigenvalue weighted by Gasteiger charge is 2.17. The molecule has 0 aromatic heterocycles. The van der Waals surface area contributed by atoms with Gasteiger partial charge in [-0.25, -0.2) is 0 Å². The first-order valence-corrected chi connectivity index (χ1v) is 7.19. The number of carboxylic acids is 1. The Balaban J connectivity index is 4.32. The molecule has 0 spiro atoms. The molecular formula is C16H30O3. The van der Waals surface area contributed by atoms with Gasteiger partial charge < -0.3 is 9.84 Å². The molecule has 112 valence electrons. The van der Waals surface area contributed by atoms with Gasteiger partial charge in [-0.15, -0.1) is 0 Å². The Morgan fingerprint density at radius 3 is 2.26 bits per heavy atom. The zero-order valence-electron chi connectivity index (χ0n) is 13.3. The molecule has 0 saturated carbocycles. The maximum absolute atomic E-state index is 10.6. The van der Waals surface area contributed by atoms with Crippen LogP contribution in [0.2, 0.25) is 0 Å². The van der Waals surface area contributed by atoms with Crippen molar-refractivity contribution in [2.45, 2.75) is 60.0 Å². The van der Waals surface area contributed by atoms with E-state index in [9.17, 15) is 4.79 Å². The highest BCUT2D eigenvalue weighted by Crippen LogP contribution is 2.21. The first-order valence-electron chi connectivity index (χ1n) is 7.19. The van der Waals surface area contributed by atoms with E-state index in [2.05, 4.69) is 40.7 Å². The van der Waals surface area contributed by atoms with Crippen LogP contribution in [0.25, 0.3) is 0 Å². The average molecular weight is 270 g/mol. The first kappa shape index (κ1) is 18.2. The fraction of sp³-hybridized carbons (Fsp3) is 0.812. The number of aliphatic carboxylic acids is 1. The fourth-order valence-electron chi connectivity index (χ4n) is 1.91. The molecule has 1 unspecified atom stereocenters. The van der Waals surface area contributed by atoms with E-state index in [1.165, 1.54) is 0 Å². The third-order valence-corrected chi connectivity index (χ3v) is 3.16. The number of rotatable bonds is 8. The van der Waals surface area contributed by atoms with E-state index < -0.39 is 5.97 Å². The SMILES string of the molecule is CCC(C=C[C@@H](C)CC(=O)O)[C@@H](C)COC(C)(C)C. The molecular weight excluding hydrogens is 240 g/mol. The second kappa shape index (κ2) is 8.36. The summed E-state index contributed by atoms with van der Waals surface area (Å²) in [6.07, 6.45) is 5.42.